The first-order chi connectivity index (χ1) is 16.4. The van der Waals surface area contributed by atoms with Crippen molar-refractivity contribution >= 4 is 11.7 Å². The van der Waals surface area contributed by atoms with Gasteiger partial charge in [-0.05, 0) is 36.8 Å². The third-order valence-corrected chi connectivity index (χ3v) is 6.85. The normalized spacial score (nSPS) is 21.2. The van der Waals surface area contributed by atoms with Gasteiger partial charge in [-0.1, -0.05) is 39.0 Å². The highest BCUT2D eigenvalue weighted by Crippen LogP contribution is 2.39. The lowest BCUT2D eigenvalue weighted by atomic mass is 9.95. The molecule has 4 rings (SSSR count). The number of carbonyl (C=O) groups excluding carboxylic acids is 1. The standard InChI is InChI=1S/C26H34F3N5O/c1-17-7-5-6-8-20(17)23(35)30-15-18-13-19(18)16-33-9-11-34(12-10-33)22-14-21(26(27,28)29)31-24(32-22)25(2,3)4/h5-8,14,18-19H,9-13,15-16H2,1-4H3,(H,30,35). The number of nitrogens with zero attached hydrogens (tertiary/aromatic N) is 4. The number of carbonyl (C=O) groups is 1. The van der Waals surface area contributed by atoms with Gasteiger partial charge in [-0.2, -0.15) is 13.2 Å². The van der Waals surface area contributed by atoms with E-state index in [1.165, 1.54) is 0 Å². The van der Waals surface area contributed by atoms with Crippen molar-refractivity contribution in [2.24, 2.45) is 11.8 Å². The van der Waals surface area contributed by atoms with E-state index in [1.807, 2.05) is 56.9 Å². The molecule has 0 spiro atoms. The second-order valence-electron chi connectivity index (χ2n) is 10.8. The molecule has 1 aromatic heterocycles. The number of nitrogens with one attached hydrogen (secondary N) is 1. The molecule has 6 nitrogen and oxygen atoms in total. The van der Waals surface area contributed by atoms with Gasteiger partial charge in [0.05, 0.1) is 0 Å². The smallest absolute Gasteiger partial charge is 0.354 e. The number of anilines is 1. The van der Waals surface area contributed by atoms with Gasteiger partial charge in [0, 0.05) is 56.3 Å². The van der Waals surface area contributed by atoms with E-state index in [9.17, 15) is 18.0 Å². The van der Waals surface area contributed by atoms with Gasteiger partial charge in [-0.3, -0.25) is 9.69 Å². The quantitative estimate of drug-likeness (QED) is 0.656. The summed E-state index contributed by atoms with van der Waals surface area (Å²) in [6, 6.07) is 8.64. The SMILES string of the molecule is Cc1ccccc1C(=O)NCC1CC1CN1CCN(c2cc(C(F)(F)F)nc(C(C)(C)C)n2)CC1. The minimum atomic E-state index is -4.50. The maximum Gasteiger partial charge on any atom is 0.433 e. The van der Waals surface area contributed by atoms with Crippen LogP contribution in [0.15, 0.2) is 30.3 Å². The fraction of sp³-hybridized carbons (Fsp3) is 0.577. The molecule has 1 saturated carbocycles. The van der Waals surface area contributed by atoms with Gasteiger partial charge in [-0.15, -0.1) is 0 Å². The van der Waals surface area contributed by atoms with E-state index in [4.69, 9.17) is 0 Å². The van der Waals surface area contributed by atoms with Crippen molar-refractivity contribution in [1.82, 2.24) is 20.2 Å². The lowest BCUT2D eigenvalue weighted by molar-refractivity contribution is -0.141. The molecule has 2 aromatic rings. The molecular weight excluding hydrogens is 455 g/mol. The summed E-state index contributed by atoms with van der Waals surface area (Å²) in [7, 11) is 0. The Morgan fingerprint density at radius 2 is 1.74 bits per heavy atom. The van der Waals surface area contributed by atoms with Crippen LogP contribution in [0.2, 0.25) is 0 Å². The molecule has 2 fully saturated rings. The van der Waals surface area contributed by atoms with Crippen molar-refractivity contribution in [3.8, 4) is 0 Å². The molecule has 1 saturated heterocycles. The summed E-state index contributed by atoms with van der Waals surface area (Å²) in [5.74, 6) is 1.55. The van der Waals surface area contributed by atoms with Gasteiger partial charge < -0.3 is 10.2 Å². The van der Waals surface area contributed by atoms with Crippen LogP contribution < -0.4 is 10.2 Å². The number of aromatic nitrogens is 2. The second kappa shape index (κ2) is 9.76. The minimum absolute atomic E-state index is 0.0277. The zero-order valence-electron chi connectivity index (χ0n) is 20.8. The fourth-order valence-electron chi connectivity index (χ4n) is 4.50. The zero-order chi connectivity index (χ0) is 25.4. The van der Waals surface area contributed by atoms with E-state index in [2.05, 4.69) is 20.2 Å². The van der Waals surface area contributed by atoms with Gasteiger partial charge in [0.1, 0.15) is 17.3 Å². The highest BCUT2D eigenvalue weighted by atomic mass is 19.4. The average Bonchev–Trinajstić information content (AvgIpc) is 3.54. The molecule has 2 heterocycles. The molecule has 0 bridgehead atoms. The van der Waals surface area contributed by atoms with Crippen LogP contribution >= 0.6 is 0 Å². The molecule has 2 unspecified atom stereocenters. The highest BCUT2D eigenvalue weighted by molar-refractivity contribution is 5.95. The van der Waals surface area contributed by atoms with E-state index < -0.39 is 17.3 Å². The molecule has 1 aliphatic carbocycles. The van der Waals surface area contributed by atoms with Crippen LogP contribution in [0, 0.1) is 18.8 Å². The number of alkyl halides is 3. The Labute approximate surface area is 204 Å². The first kappa shape index (κ1) is 25.4. The number of benzene rings is 1. The van der Waals surface area contributed by atoms with Crippen LogP contribution in [0.5, 0.6) is 0 Å². The van der Waals surface area contributed by atoms with Crippen molar-refractivity contribution in [3.63, 3.8) is 0 Å². The molecule has 2 aliphatic rings. The summed E-state index contributed by atoms with van der Waals surface area (Å²) in [5, 5.41) is 3.06. The predicted octanol–water partition coefficient (Wildman–Crippen LogP) is 4.29. The predicted molar refractivity (Wildman–Crippen MR) is 129 cm³/mol. The molecular formula is C26H34F3N5O. The van der Waals surface area contributed by atoms with Crippen LogP contribution in [0.25, 0.3) is 0 Å². The topological polar surface area (TPSA) is 61.4 Å². The third kappa shape index (κ3) is 6.31. The summed E-state index contributed by atoms with van der Waals surface area (Å²) in [6.07, 6.45) is -3.42. The van der Waals surface area contributed by atoms with Gasteiger partial charge in [0.15, 0.2) is 0 Å². The largest absolute Gasteiger partial charge is 0.433 e. The summed E-state index contributed by atoms with van der Waals surface area (Å²) in [4.78, 5) is 25.0. The van der Waals surface area contributed by atoms with Gasteiger partial charge >= 0.3 is 6.18 Å². The molecule has 190 valence electrons. The van der Waals surface area contributed by atoms with Crippen LogP contribution in [0.3, 0.4) is 0 Å². The van der Waals surface area contributed by atoms with Crippen LogP contribution in [0.4, 0.5) is 19.0 Å². The van der Waals surface area contributed by atoms with Crippen LogP contribution in [-0.2, 0) is 11.6 Å². The molecule has 1 amide bonds. The fourth-order valence-corrected chi connectivity index (χ4v) is 4.50. The number of hydrogen-bond acceptors (Lipinski definition) is 5. The minimum Gasteiger partial charge on any atom is -0.354 e. The zero-order valence-corrected chi connectivity index (χ0v) is 20.8. The lowest BCUT2D eigenvalue weighted by Crippen LogP contribution is -2.47. The maximum absolute atomic E-state index is 13.4. The third-order valence-electron chi connectivity index (χ3n) is 6.85. The summed E-state index contributed by atoms with van der Waals surface area (Å²) >= 11 is 0. The Morgan fingerprint density at radius 1 is 1.06 bits per heavy atom. The van der Waals surface area contributed by atoms with Crippen molar-refractivity contribution in [1.29, 1.82) is 0 Å². The summed E-state index contributed by atoms with van der Waals surface area (Å²) in [5.41, 5.74) is 0.223. The molecule has 0 radical (unpaired) electrons. The molecule has 1 aliphatic heterocycles. The first-order valence-electron chi connectivity index (χ1n) is 12.2. The van der Waals surface area contributed by atoms with Crippen LogP contribution in [-0.4, -0.2) is 60.0 Å². The average molecular weight is 490 g/mol. The van der Waals surface area contributed by atoms with Crippen molar-refractivity contribution < 1.29 is 18.0 Å². The second-order valence-corrected chi connectivity index (χ2v) is 10.8. The Morgan fingerprint density at radius 3 is 2.37 bits per heavy atom. The summed E-state index contributed by atoms with van der Waals surface area (Å²) in [6.45, 7) is 11.8. The van der Waals surface area contributed by atoms with E-state index in [0.717, 1.165) is 37.7 Å². The van der Waals surface area contributed by atoms with E-state index in [-0.39, 0.29) is 11.7 Å². The van der Waals surface area contributed by atoms with E-state index >= 15 is 0 Å². The van der Waals surface area contributed by atoms with Crippen molar-refractivity contribution in [2.45, 2.75) is 45.7 Å². The van der Waals surface area contributed by atoms with Crippen molar-refractivity contribution in [3.05, 3.63) is 53.0 Å². The molecule has 9 heteroatoms. The van der Waals surface area contributed by atoms with Gasteiger partial charge in [0.2, 0.25) is 0 Å². The molecule has 35 heavy (non-hydrogen) atoms. The number of hydrogen-bond donors (Lipinski definition) is 1. The summed E-state index contributed by atoms with van der Waals surface area (Å²) < 4.78 is 40.3. The van der Waals surface area contributed by atoms with Crippen molar-refractivity contribution in [2.75, 3.05) is 44.2 Å². The lowest BCUT2D eigenvalue weighted by Gasteiger charge is -2.36. The first-order valence-corrected chi connectivity index (χ1v) is 12.2. The van der Waals surface area contributed by atoms with Crippen LogP contribution in [0.1, 0.15) is 54.6 Å². The number of piperazine rings is 1. The number of aryl methyl sites for hydroxylation is 1. The molecule has 1 N–H and O–H groups in total. The van der Waals surface area contributed by atoms with E-state index in [0.29, 0.717) is 42.9 Å². The molecule has 2 atom stereocenters. The number of amides is 1. The maximum atomic E-state index is 13.4. The Bertz CT molecular complexity index is 1030. The van der Waals surface area contributed by atoms with Gasteiger partial charge in [-0.25, -0.2) is 9.97 Å². The van der Waals surface area contributed by atoms with Gasteiger partial charge in [0.25, 0.3) is 5.91 Å². The number of halogens is 3. The molecule has 1 aromatic carbocycles. The Hall–Kier alpha value is -2.68. The highest BCUT2D eigenvalue weighted by Gasteiger charge is 2.39. The Kier molecular flexibility index (Phi) is 7.09. The monoisotopic (exact) mass is 489 g/mol. The number of rotatable bonds is 6. The van der Waals surface area contributed by atoms with E-state index in [1.54, 1.807) is 0 Å². The Balaban J connectivity index is 1.28.